The highest BCUT2D eigenvalue weighted by Crippen LogP contribution is 2.31. The fourth-order valence-corrected chi connectivity index (χ4v) is 3.97. The molecule has 2 aliphatic heterocycles. The lowest BCUT2D eigenvalue weighted by molar-refractivity contribution is -0.140. The zero-order valence-electron chi connectivity index (χ0n) is 15.0. The zero-order chi connectivity index (χ0) is 17.9. The lowest BCUT2D eigenvalue weighted by Crippen LogP contribution is -2.56. The van der Waals surface area contributed by atoms with E-state index in [1.807, 2.05) is 41.3 Å². The smallest absolute Gasteiger partial charge is 0.227 e. The van der Waals surface area contributed by atoms with Gasteiger partial charge >= 0.3 is 0 Å². The van der Waals surface area contributed by atoms with Crippen molar-refractivity contribution < 1.29 is 14.3 Å². The number of carbonyl (C=O) groups is 1. The summed E-state index contributed by atoms with van der Waals surface area (Å²) in [5.41, 5.74) is 2.26. The van der Waals surface area contributed by atoms with Crippen molar-refractivity contribution in [3.05, 3.63) is 59.8 Å². The number of hydrogen-bond acceptors (Lipinski definition) is 4. The zero-order valence-corrected chi connectivity index (χ0v) is 15.0. The standard InChI is InChI=1S/C21H24N2O3/c1-15-6-2-3-7-16(15)14-20(24)23-12-9-18(21-17(23)10-13-25-21)26-19-8-4-5-11-22-19/h2-8,11,17-18,21H,9-10,12-14H2,1H3/t17-,18+,21-/m0/s1. The normalized spacial score (nSPS) is 25.0. The first kappa shape index (κ1) is 17.0. The number of aryl methyl sites for hydroxylation is 1. The molecule has 1 aromatic carbocycles. The maximum absolute atomic E-state index is 12.9. The maximum Gasteiger partial charge on any atom is 0.227 e. The Balaban J connectivity index is 1.45. The molecule has 5 heteroatoms. The molecule has 4 rings (SSSR count). The Labute approximate surface area is 153 Å². The van der Waals surface area contributed by atoms with Crippen LogP contribution in [0.25, 0.3) is 0 Å². The molecule has 2 aromatic rings. The van der Waals surface area contributed by atoms with Crippen LogP contribution in [0.3, 0.4) is 0 Å². The summed E-state index contributed by atoms with van der Waals surface area (Å²) in [4.78, 5) is 19.2. The Kier molecular flexibility index (Phi) is 4.89. The molecule has 2 fully saturated rings. The molecule has 0 aliphatic carbocycles. The Bertz CT molecular complexity index is 765. The maximum atomic E-state index is 12.9. The van der Waals surface area contributed by atoms with Gasteiger partial charge in [-0.3, -0.25) is 4.79 Å². The highest BCUT2D eigenvalue weighted by molar-refractivity contribution is 5.79. The number of rotatable bonds is 4. The third kappa shape index (κ3) is 3.44. The predicted octanol–water partition coefficient (Wildman–Crippen LogP) is 2.77. The van der Waals surface area contributed by atoms with Crippen LogP contribution in [0.1, 0.15) is 24.0 Å². The lowest BCUT2D eigenvalue weighted by Gasteiger charge is -2.41. The molecule has 0 spiro atoms. The van der Waals surface area contributed by atoms with Crippen LogP contribution in [0.4, 0.5) is 0 Å². The molecule has 1 aromatic heterocycles. The summed E-state index contributed by atoms with van der Waals surface area (Å²) in [7, 11) is 0. The third-order valence-corrected chi connectivity index (χ3v) is 5.36. The molecule has 136 valence electrons. The van der Waals surface area contributed by atoms with Gasteiger partial charge in [0.2, 0.25) is 11.8 Å². The third-order valence-electron chi connectivity index (χ3n) is 5.36. The Morgan fingerprint density at radius 1 is 1.23 bits per heavy atom. The van der Waals surface area contributed by atoms with Crippen molar-refractivity contribution in [2.75, 3.05) is 13.2 Å². The van der Waals surface area contributed by atoms with E-state index in [0.29, 0.717) is 25.5 Å². The van der Waals surface area contributed by atoms with Gasteiger partial charge in [-0.2, -0.15) is 0 Å². The first-order valence-corrected chi connectivity index (χ1v) is 9.25. The van der Waals surface area contributed by atoms with E-state index in [1.165, 1.54) is 0 Å². The summed E-state index contributed by atoms with van der Waals surface area (Å²) in [6.07, 6.45) is 3.67. The molecule has 0 N–H and O–H groups in total. The van der Waals surface area contributed by atoms with Gasteiger partial charge < -0.3 is 14.4 Å². The monoisotopic (exact) mass is 352 g/mol. The second-order valence-corrected chi connectivity index (χ2v) is 6.99. The lowest BCUT2D eigenvalue weighted by atomic mass is 9.94. The SMILES string of the molecule is Cc1ccccc1CC(=O)N1CC[C@@H](Oc2ccccn2)[C@H]2OCC[C@@H]21. The first-order valence-electron chi connectivity index (χ1n) is 9.25. The predicted molar refractivity (Wildman–Crippen MR) is 98.0 cm³/mol. The van der Waals surface area contributed by atoms with E-state index < -0.39 is 0 Å². The molecule has 26 heavy (non-hydrogen) atoms. The average Bonchev–Trinajstić information content (AvgIpc) is 3.15. The van der Waals surface area contributed by atoms with Crippen LogP contribution in [0.5, 0.6) is 5.88 Å². The molecule has 3 heterocycles. The summed E-state index contributed by atoms with van der Waals surface area (Å²) in [6, 6.07) is 13.8. The van der Waals surface area contributed by atoms with E-state index in [0.717, 1.165) is 24.0 Å². The fourth-order valence-electron chi connectivity index (χ4n) is 3.97. The molecule has 3 atom stereocenters. The number of carbonyl (C=O) groups excluding carboxylic acids is 1. The van der Waals surface area contributed by atoms with Gasteiger partial charge in [0, 0.05) is 31.8 Å². The van der Waals surface area contributed by atoms with Crippen molar-refractivity contribution >= 4 is 5.91 Å². The van der Waals surface area contributed by atoms with Gasteiger partial charge in [-0.15, -0.1) is 0 Å². The number of likely N-dealkylation sites (tertiary alicyclic amines) is 1. The Morgan fingerprint density at radius 2 is 2.08 bits per heavy atom. The van der Waals surface area contributed by atoms with Crippen molar-refractivity contribution in [1.82, 2.24) is 9.88 Å². The average molecular weight is 352 g/mol. The molecular weight excluding hydrogens is 328 g/mol. The topological polar surface area (TPSA) is 51.7 Å². The van der Waals surface area contributed by atoms with Gasteiger partial charge in [-0.05, 0) is 30.5 Å². The molecule has 0 bridgehead atoms. The quantitative estimate of drug-likeness (QED) is 0.849. The van der Waals surface area contributed by atoms with E-state index in [-0.39, 0.29) is 24.2 Å². The van der Waals surface area contributed by atoms with E-state index in [4.69, 9.17) is 9.47 Å². The number of aromatic nitrogens is 1. The van der Waals surface area contributed by atoms with Crippen LogP contribution in [-0.2, 0) is 16.0 Å². The molecule has 0 saturated carbocycles. The molecule has 0 radical (unpaired) electrons. The van der Waals surface area contributed by atoms with Gasteiger partial charge in [0.25, 0.3) is 0 Å². The van der Waals surface area contributed by atoms with Crippen LogP contribution in [-0.4, -0.2) is 47.2 Å². The summed E-state index contributed by atoms with van der Waals surface area (Å²) < 4.78 is 12.0. The number of hydrogen-bond donors (Lipinski definition) is 0. The number of amides is 1. The van der Waals surface area contributed by atoms with Gasteiger partial charge in [0.15, 0.2) is 0 Å². The summed E-state index contributed by atoms with van der Waals surface area (Å²) in [6.45, 7) is 3.43. The molecule has 0 unspecified atom stereocenters. The molecular formula is C21H24N2O3. The Hall–Kier alpha value is -2.40. The number of benzene rings is 1. The minimum absolute atomic E-state index is 0.0556. The Morgan fingerprint density at radius 3 is 2.88 bits per heavy atom. The minimum Gasteiger partial charge on any atom is -0.471 e. The second-order valence-electron chi connectivity index (χ2n) is 6.99. The van der Waals surface area contributed by atoms with Crippen LogP contribution < -0.4 is 4.74 Å². The van der Waals surface area contributed by atoms with Crippen molar-refractivity contribution in [1.29, 1.82) is 0 Å². The van der Waals surface area contributed by atoms with Crippen molar-refractivity contribution in [2.45, 2.75) is 44.4 Å². The van der Waals surface area contributed by atoms with Crippen LogP contribution in [0.2, 0.25) is 0 Å². The van der Waals surface area contributed by atoms with Crippen molar-refractivity contribution in [2.24, 2.45) is 0 Å². The van der Waals surface area contributed by atoms with Gasteiger partial charge in [0.1, 0.15) is 12.2 Å². The molecule has 2 aliphatic rings. The van der Waals surface area contributed by atoms with E-state index >= 15 is 0 Å². The minimum atomic E-state index is -0.0772. The highest BCUT2D eigenvalue weighted by atomic mass is 16.5. The van der Waals surface area contributed by atoms with Gasteiger partial charge in [0.05, 0.1) is 12.5 Å². The summed E-state index contributed by atoms with van der Waals surface area (Å²) >= 11 is 0. The molecule has 2 saturated heterocycles. The van der Waals surface area contributed by atoms with Crippen molar-refractivity contribution in [3.8, 4) is 5.88 Å². The second kappa shape index (κ2) is 7.46. The number of nitrogens with zero attached hydrogens (tertiary/aromatic N) is 2. The van der Waals surface area contributed by atoms with Crippen LogP contribution in [0.15, 0.2) is 48.7 Å². The van der Waals surface area contributed by atoms with Gasteiger partial charge in [-0.25, -0.2) is 4.98 Å². The van der Waals surface area contributed by atoms with E-state index in [1.54, 1.807) is 6.20 Å². The van der Waals surface area contributed by atoms with Crippen LogP contribution >= 0.6 is 0 Å². The van der Waals surface area contributed by atoms with E-state index in [9.17, 15) is 4.79 Å². The molecule has 5 nitrogen and oxygen atoms in total. The highest BCUT2D eigenvalue weighted by Gasteiger charge is 2.45. The van der Waals surface area contributed by atoms with Crippen molar-refractivity contribution in [3.63, 3.8) is 0 Å². The van der Waals surface area contributed by atoms with Gasteiger partial charge in [-0.1, -0.05) is 30.3 Å². The largest absolute Gasteiger partial charge is 0.471 e. The summed E-state index contributed by atoms with van der Waals surface area (Å²) in [5.74, 6) is 0.794. The van der Waals surface area contributed by atoms with Crippen LogP contribution in [0, 0.1) is 6.92 Å². The van der Waals surface area contributed by atoms with E-state index in [2.05, 4.69) is 18.0 Å². The number of pyridine rings is 1. The number of fused-ring (bicyclic) bond motifs is 1. The molecule has 1 amide bonds. The fraction of sp³-hybridized carbons (Fsp3) is 0.429. The number of ether oxygens (including phenoxy) is 2. The first-order chi connectivity index (χ1) is 12.7. The number of piperidine rings is 1. The summed E-state index contributed by atoms with van der Waals surface area (Å²) in [5, 5.41) is 0.